The van der Waals surface area contributed by atoms with Crippen LogP contribution in [0.15, 0.2) is 30.3 Å². The van der Waals surface area contributed by atoms with Gasteiger partial charge in [-0.25, -0.2) is 4.98 Å². The molecule has 1 aromatic carbocycles. The highest BCUT2D eigenvalue weighted by Crippen LogP contribution is 2.22. The summed E-state index contributed by atoms with van der Waals surface area (Å²) in [4.78, 5) is 23.4. The summed E-state index contributed by atoms with van der Waals surface area (Å²) in [6.45, 7) is 5.91. The number of aryl methyl sites for hydroxylation is 1. The third kappa shape index (κ3) is 5.32. The lowest BCUT2D eigenvalue weighted by Gasteiger charge is -2.31. The quantitative estimate of drug-likeness (QED) is 0.842. The predicted octanol–water partition coefficient (Wildman–Crippen LogP) is 3.05. The molecule has 1 aliphatic heterocycles. The van der Waals surface area contributed by atoms with Gasteiger partial charge in [0.15, 0.2) is 6.61 Å². The van der Waals surface area contributed by atoms with Crippen LogP contribution >= 0.6 is 0 Å². The van der Waals surface area contributed by atoms with E-state index in [-0.39, 0.29) is 12.5 Å². The first kappa shape index (κ1) is 18.9. The molecule has 7 heteroatoms. The monoisotopic (exact) mass is 370 g/mol. The molecule has 0 saturated carbocycles. The number of carbonyl (C=O) groups excluding carboxylic acids is 1. The fourth-order valence-corrected chi connectivity index (χ4v) is 3.15. The zero-order valence-corrected chi connectivity index (χ0v) is 16.1. The third-order valence-electron chi connectivity index (χ3n) is 4.46. The lowest BCUT2D eigenvalue weighted by Crippen LogP contribution is -2.35. The van der Waals surface area contributed by atoms with E-state index in [4.69, 9.17) is 9.47 Å². The first-order valence-electron chi connectivity index (χ1n) is 9.21. The smallest absolute Gasteiger partial charge is 0.262 e. The van der Waals surface area contributed by atoms with Gasteiger partial charge in [0.2, 0.25) is 11.8 Å². The summed E-state index contributed by atoms with van der Waals surface area (Å²) in [5.74, 6) is 2.13. The van der Waals surface area contributed by atoms with Crippen LogP contribution in [0.5, 0.6) is 11.6 Å². The van der Waals surface area contributed by atoms with Crippen LogP contribution in [0.1, 0.15) is 25.5 Å². The number of ether oxygens (including phenoxy) is 2. The Morgan fingerprint density at radius 2 is 2.19 bits per heavy atom. The van der Waals surface area contributed by atoms with E-state index in [1.165, 1.54) is 6.42 Å². The van der Waals surface area contributed by atoms with Crippen molar-refractivity contribution in [2.75, 3.05) is 37.0 Å². The molecule has 0 radical (unpaired) electrons. The Kier molecular flexibility index (Phi) is 6.11. The van der Waals surface area contributed by atoms with Crippen LogP contribution in [0.2, 0.25) is 0 Å². The Morgan fingerprint density at radius 3 is 2.96 bits per heavy atom. The summed E-state index contributed by atoms with van der Waals surface area (Å²) in [7, 11) is 1.59. The van der Waals surface area contributed by atoms with E-state index in [0.29, 0.717) is 29.2 Å². The van der Waals surface area contributed by atoms with Gasteiger partial charge in [-0.2, -0.15) is 4.98 Å². The number of benzene rings is 1. The van der Waals surface area contributed by atoms with Crippen LogP contribution in [0, 0.1) is 12.8 Å². The van der Waals surface area contributed by atoms with Crippen LogP contribution in [-0.2, 0) is 4.79 Å². The first-order valence-corrected chi connectivity index (χ1v) is 9.21. The van der Waals surface area contributed by atoms with Gasteiger partial charge in [-0.15, -0.1) is 0 Å². The topological polar surface area (TPSA) is 76.6 Å². The Labute approximate surface area is 159 Å². The molecule has 2 aromatic rings. The molecule has 0 unspecified atom stereocenters. The normalized spacial score (nSPS) is 16.7. The second-order valence-electron chi connectivity index (χ2n) is 6.91. The molecular formula is C20H26N4O3. The van der Waals surface area contributed by atoms with Gasteiger partial charge in [-0.1, -0.05) is 13.0 Å². The SMILES string of the molecule is COc1cccc(NC(=O)COc2cc(C)nc(N3CCC[C@@H](C)C3)n2)c1. The molecule has 1 aliphatic rings. The van der Waals surface area contributed by atoms with Gasteiger partial charge < -0.3 is 19.7 Å². The van der Waals surface area contributed by atoms with E-state index in [1.54, 1.807) is 25.3 Å². The molecule has 144 valence electrons. The molecule has 3 rings (SSSR count). The number of hydrogen-bond donors (Lipinski definition) is 1. The van der Waals surface area contributed by atoms with Crippen molar-refractivity contribution >= 4 is 17.5 Å². The molecule has 0 bridgehead atoms. The van der Waals surface area contributed by atoms with E-state index < -0.39 is 0 Å². The van der Waals surface area contributed by atoms with Crippen molar-refractivity contribution < 1.29 is 14.3 Å². The standard InChI is InChI=1S/C20H26N4O3/c1-14-6-5-9-24(12-14)20-21-15(2)10-19(23-20)27-13-18(25)22-16-7-4-8-17(11-16)26-3/h4,7-8,10-11,14H,5-6,9,12-13H2,1-3H3,(H,22,25)/t14-/m1/s1. The van der Waals surface area contributed by atoms with Crippen molar-refractivity contribution in [1.29, 1.82) is 0 Å². The Balaban J connectivity index is 1.60. The predicted molar refractivity (Wildman–Crippen MR) is 104 cm³/mol. The number of nitrogens with one attached hydrogen (secondary N) is 1. The summed E-state index contributed by atoms with van der Waals surface area (Å²) in [5.41, 5.74) is 1.48. The maximum absolute atomic E-state index is 12.2. The van der Waals surface area contributed by atoms with Gasteiger partial charge in [0.05, 0.1) is 7.11 Å². The van der Waals surface area contributed by atoms with Crippen LogP contribution in [0.3, 0.4) is 0 Å². The minimum absolute atomic E-state index is 0.122. The van der Waals surface area contributed by atoms with Gasteiger partial charge in [0.25, 0.3) is 5.91 Å². The number of nitrogens with zero attached hydrogens (tertiary/aromatic N) is 3. The maximum Gasteiger partial charge on any atom is 0.262 e. The number of aromatic nitrogens is 2. The molecular weight excluding hydrogens is 344 g/mol. The minimum atomic E-state index is -0.257. The van der Waals surface area contributed by atoms with E-state index in [9.17, 15) is 4.79 Å². The summed E-state index contributed by atoms with van der Waals surface area (Å²) in [6.07, 6.45) is 2.37. The molecule has 2 heterocycles. The molecule has 7 nitrogen and oxygen atoms in total. The molecule has 1 atom stereocenters. The zero-order valence-electron chi connectivity index (χ0n) is 16.1. The Hall–Kier alpha value is -2.83. The number of carbonyl (C=O) groups is 1. The zero-order chi connectivity index (χ0) is 19.2. The van der Waals surface area contributed by atoms with Crippen molar-refractivity contribution in [3.05, 3.63) is 36.0 Å². The van der Waals surface area contributed by atoms with Gasteiger partial charge in [-0.05, 0) is 37.8 Å². The molecule has 1 saturated heterocycles. The molecule has 1 fully saturated rings. The number of methoxy groups -OCH3 is 1. The average molecular weight is 370 g/mol. The highest BCUT2D eigenvalue weighted by Gasteiger charge is 2.19. The highest BCUT2D eigenvalue weighted by molar-refractivity contribution is 5.92. The van der Waals surface area contributed by atoms with Crippen molar-refractivity contribution in [2.45, 2.75) is 26.7 Å². The Bertz CT molecular complexity index is 797. The Morgan fingerprint density at radius 1 is 1.33 bits per heavy atom. The summed E-state index contributed by atoms with van der Waals surface area (Å²) in [5, 5.41) is 2.79. The maximum atomic E-state index is 12.2. The fourth-order valence-electron chi connectivity index (χ4n) is 3.15. The number of anilines is 2. The van der Waals surface area contributed by atoms with E-state index >= 15 is 0 Å². The van der Waals surface area contributed by atoms with Gasteiger partial charge in [0, 0.05) is 36.6 Å². The van der Waals surface area contributed by atoms with E-state index in [2.05, 4.69) is 27.1 Å². The summed E-state index contributed by atoms with van der Waals surface area (Å²) < 4.78 is 10.8. The second kappa shape index (κ2) is 8.70. The number of hydrogen-bond acceptors (Lipinski definition) is 6. The van der Waals surface area contributed by atoms with Crippen LogP contribution in [0.4, 0.5) is 11.6 Å². The highest BCUT2D eigenvalue weighted by atomic mass is 16.5. The van der Waals surface area contributed by atoms with Crippen molar-refractivity contribution in [3.8, 4) is 11.6 Å². The molecule has 1 aromatic heterocycles. The summed E-state index contributed by atoms with van der Waals surface area (Å²) in [6, 6.07) is 8.93. The molecule has 1 amide bonds. The molecule has 27 heavy (non-hydrogen) atoms. The third-order valence-corrected chi connectivity index (χ3v) is 4.46. The second-order valence-corrected chi connectivity index (χ2v) is 6.91. The van der Waals surface area contributed by atoms with Crippen LogP contribution < -0.4 is 19.7 Å². The van der Waals surface area contributed by atoms with E-state index in [0.717, 1.165) is 25.2 Å². The van der Waals surface area contributed by atoms with E-state index in [1.807, 2.05) is 19.1 Å². The average Bonchev–Trinajstić information content (AvgIpc) is 2.66. The fraction of sp³-hybridized carbons (Fsp3) is 0.450. The van der Waals surface area contributed by atoms with Gasteiger partial charge in [-0.3, -0.25) is 4.79 Å². The summed E-state index contributed by atoms with van der Waals surface area (Å²) >= 11 is 0. The lowest BCUT2D eigenvalue weighted by molar-refractivity contribution is -0.118. The van der Waals surface area contributed by atoms with Crippen LogP contribution in [-0.4, -0.2) is 42.7 Å². The molecule has 1 N–H and O–H groups in total. The number of amides is 1. The minimum Gasteiger partial charge on any atom is -0.497 e. The largest absolute Gasteiger partial charge is 0.497 e. The van der Waals surface area contributed by atoms with Crippen LogP contribution in [0.25, 0.3) is 0 Å². The van der Waals surface area contributed by atoms with Gasteiger partial charge in [0.1, 0.15) is 5.75 Å². The van der Waals surface area contributed by atoms with Crippen molar-refractivity contribution in [2.24, 2.45) is 5.92 Å². The first-order chi connectivity index (χ1) is 13.0. The molecule has 0 aliphatic carbocycles. The lowest BCUT2D eigenvalue weighted by atomic mass is 10.0. The van der Waals surface area contributed by atoms with Crippen molar-refractivity contribution in [3.63, 3.8) is 0 Å². The number of piperidine rings is 1. The number of rotatable bonds is 6. The van der Waals surface area contributed by atoms with Crippen molar-refractivity contribution in [1.82, 2.24) is 9.97 Å². The van der Waals surface area contributed by atoms with Gasteiger partial charge >= 0.3 is 0 Å². The molecule has 0 spiro atoms.